The van der Waals surface area contributed by atoms with Gasteiger partial charge in [0.05, 0.1) is 19.3 Å². The maximum absolute atomic E-state index is 12.9. The Morgan fingerprint density at radius 1 is 1.06 bits per heavy atom. The molecule has 2 aromatic rings. The molecule has 7 nitrogen and oxygen atoms in total. The fraction of sp³-hybridized carbons (Fsp3) is 0.480. The van der Waals surface area contributed by atoms with E-state index < -0.39 is 23.9 Å². The Balaban J connectivity index is 1.81. The first-order chi connectivity index (χ1) is 15.2. The number of aliphatic hydroxyl groups excluding tert-OH is 1. The minimum atomic E-state index is -2.42. The van der Waals surface area contributed by atoms with Gasteiger partial charge in [0.25, 0.3) is 5.91 Å². The van der Waals surface area contributed by atoms with Crippen LogP contribution in [0, 0.1) is 5.92 Å². The largest absolute Gasteiger partial charge is 0.496 e. The highest BCUT2D eigenvalue weighted by atomic mass is 16.5. The molecule has 0 aromatic heterocycles. The van der Waals surface area contributed by atoms with E-state index in [-0.39, 0.29) is 11.3 Å². The maximum atomic E-state index is 12.9. The van der Waals surface area contributed by atoms with E-state index in [2.05, 4.69) is 5.32 Å². The van der Waals surface area contributed by atoms with Crippen LogP contribution in [0.3, 0.4) is 0 Å². The van der Waals surface area contributed by atoms with Gasteiger partial charge in [0.2, 0.25) is 0 Å². The van der Waals surface area contributed by atoms with E-state index in [0.29, 0.717) is 43.5 Å². The molecule has 0 aliphatic heterocycles. The highest BCUT2D eigenvalue weighted by Crippen LogP contribution is 2.46. The quantitative estimate of drug-likeness (QED) is 0.398. The van der Waals surface area contributed by atoms with Gasteiger partial charge < -0.3 is 30.5 Å². The number of nitrogens with one attached hydrogen (secondary N) is 1. The summed E-state index contributed by atoms with van der Waals surface area (Å²) in [5, 5.41) is 43.7. The molecule has 1 aliphatic carbocycles. The van der Waals surface area contributed by atoms with Gasteiger partial charge in [-0.15, -0.1) is 0 Å². The smallest absolute Gasteiger partial charge is 0.255 e. The molecular formula is C25H33NO6. The predicted octanol–water partition coefficient (Wildman–Crippen LogP) is 1.98. The molecule has 1 saturated carbocycles. The number of rotatable bonds is 8. The van der Waals surface area contributed by atoms with Crippen LogP contribution in [0.5, 0.6) is 5.75 Å². The average Bonchev–Trinajstić information content (AvgIpc) is 2.82. The molecule has 32 heavy (non-hydrogen) atoms. The standard InChI is InChI=1S/C25H33NO6/c1-23(29,30)25(31,17-27)19-12-14-24(15-13-19,18-8-4-3-5-9-18)16-26-22(28)20-10-6-7-11-21(20)32-2/h3-11,19,27,29-31H,12-17H2,1-2H3,(H,26,28). The van der Waals surface area contributed by atoms with E-state index in [1.165, 1.54) is 7.11 Å². The maximum Gasteiger partial charge on any atom is 0.255 e. The number of ether oxygens (including phenoxy) is 1. The van der Waals surface area contributed by atoms with Crippen LogP contribution in [-0.4, -0.2) is 58.0 Å². The van der Waals surface area contributed by atoms with Gasteiger partial charge >= 0.3 is 0 Å². The number of methoxy groups -OCH3 is 1. The first-order valence-electron chi connectivity index (χ1n) is 10.9. The number of aliphatic hydroxyl groups is 4. The zero-order valence-electron chi connectivity index (χ0n) is 18.6. The van der Waals surface area contributed by atoms with Gasteiger partial charge in [-0.05, 0) is 56.2 Å². The fourth-order valence-electron chi connectivity index (χ4n) is 4.85. The first-order valence-corrected chi connectivity index (χ1v) is 10.9. The van der Waals surface area contributed by atoms with Gasteiger partial charge in [-0.1, -0.05) is 42.5 Å². The lowest BCUT2D eigenvalue weighted by atomic mass is 9.62. The molecule has 0 saturated heterocycles. The highest BCUT2D eigenvalue weighted by molar-refractivity contribution is 5.96. The van der Waals surface area contributed by atoms with Gasteiger partial charge in [-0.25, -0.2) is 0 Å². The zero-order chi connectivity index (χ0) is 23.4. The SMILES string of the molecule is COc1ccccc1C(=O)NCC1(c2ccccc2)CCC(C(O)(CO)C(C)(O)O)CC1. The van der Waals surface area contributed by atoms with Crippen molar-refractivity contribution in [1.29, 1.82) is 0 Å². The summed E-state index contributed by atoms with van der Waals surface area (Å²) in [4.78, 5) is 12.9. The Hall–Kier alpha value is -2.45. The lowest BCUT2D eigenvalue weighted by Gasteiger charge is -2.48. The summed E-state index contributed by atoms with van der Waals surface area (Å²) in [5.74, 6) is -2.64. The van der Waals surface area contributed by atoms with Crippen molar-refractivity contribution in [2.75, 3.05) is 20.3 Å². The summed E-state index contributed by atoms with van der Waals surface area (Å²) in [5.41, 5.74) is -0.871. The van der Waals surface area contributed by atoms with Crippen molar-refractivity contribution < 1.29 is 30.0 Å². The minimum absolute atomic E-state index is 0.231. The van der Waals surface area contributed by atoms with E-state index in [1.807, 2.05) is 30.3 Å². The van der Waals surface area contributed by atoms with Gasteiger partial charge in [-0.3, -0.25) is 4.79 Å². The Labute approximate surface area is 188 Å². The first kappa shape index (κ1) is 24.2. The number of amides is 1. The molecular weight excluding hydrogens is 410 g/mol. The summed E-state index contributed by atoms with van der Waals surface area (Å²) in [7, 11) is 1.53. The van der Waals surface area contributed by atoms with Gasteiger partial charge in [0.1, 0.15) is 11.4 Å². The monoisotopic (exact) mass is 443 g/mol. The lowest BCUT2D eigenvalue weighted by Crippen LogP contribution is -2.61. The summed E-state index contributed by atoms with van der Waals surface area (Å²) in [6.07, 6.45) is 2.14. The second kappa shape index (κ2) is 9.58. The normalized spacial score (nSPS) is 23.2. The van der Waals surface area contributed by atoms with Crippen molar-refractivity contribution in [3.05, 3.63) is 65.7 Å². The van der Waals surface area contributed by atoms with Crippen LogP contribution in [0.4, 0.5) is 0 Å². The molecule has 1 amide bonds. The van der Waals surface area contributed by atoms with Crippen molar-refractivity contribution in [2.45, 2.75) is 49.4 Å². The number of hydrogen-bond donors (Lipinski definition) is 5. The Morgan fingerprint density at radius 3 is 2.22 bits per heavy atom. The molecule has 1 atom stereocenters. The summed E-state index contributed by atoms with van der Waals surface area (Å²) in [6, 6.07) is 16.9. The second-order valence-electron chi connectivity index (χ2n) is 8.91. The van der Waals surface area contributed by atoms with E-state index in [1.54, 1.807) is 24.3 Å². The molecule has 1 unspecified atom stereocenters. The van der Waals surface area contributed by atoms with Crippen molar-refractivity contribution in [3.8, 4) is 5.75 Å². The molecule has 2 aromatic carbocycles. The van der Waals surface area contributed by atoms with Crippen molar-refractivity contribution in [1.82, 2.24) is 5.32 Å². The van der Waals surface area contributed by atoms with Crippen LogP contribution in [0.25, 0.3) is 0 Å². The molecule has 0 bridgehead atoms. The van der Waals surface area contributed by atoms with Crippen LogP contribution in [0.1, 0.15) is 48.5 Å². The molecule has 0 heterocycles. The predicted molar refractivity (Wildman–Crippen MR) is 120 cm³/mol. The molecule has 5 N–H and O–H groups in total. The van der Waals surface area contributed by atoms with Crippen LogP contribution < -0.4 is 10.1 Å². The van der Waals surface area contributed by atoms with E-state index in [0.717, 1.165) is 12.5 Å². The highest BCUT2D eigenvalue weighted by Gasteiger charge is 2.52. The van der Waals surface area contributed by atoms with Crippen LogP contribution in [0.15, 0.2) is 54.6 Å². The third-order valence-electron chi connectivity index (χ3n) is 7.00. The number of para-hydroxylation sites is 1. The van der Waals surface area contributed by atoms with Crippen molar-refractivity contribution in [2.24, 2.45) is 5.92 Å². The van der Waals surface area contributed by atoms with Crippen LogP contribution >= 0.6 is 0 Å². The van der Waals surface area contributed by atoms with E-state index in [9.17, 15) is 25.2 Å². The molecule has 3 rings (SSSR count). The molecule has 0 radical (unpaired) electrons. The lowest BCUT2D eigenvalue weighted by molar-refractivity contribution is -0.295. The third-order valence-corrected chi connectivity index (χ3v) is 7.00. The summed E-state index contributed by atoms with van der Waals surface area (Å²) >= 11 is 0. The second-order valence-corrected chi connectivity index (χ2v) is 8.91. The fourth-order valence-corrected chi connectivity index (χ4v) is 4.85. The number of benzene rings is 2. The number of hydrogen-bond acceptors (Lipinski definition) is 6. The Morgan fingerprint density at radius 2 is 1.66 bits per heavy atom. The van der Waals surface area contributed by atoms with Crippen molar-refractivity contribution in [3.63, 3.8) is 0 Å². The van der Waals surface area contributed by atoms with Crippen LogP contribution in [0.2, 0.25) is 0 Å². The molecule has 174 valence electrons. The topological polar surface area (TPSA) is 119 Å². The van der Waals surface area contributed by atoms with Crippen molar-refractivity contribution >= 4 is 5.91 Å². The van der Waals surface area contributed by atoms with E-state index >= 15 is 0 Å². The number of carbonyl (C=O) groups excluding carboxylic acids is 1. The van der Waals surface area contributed by atoms with Crippen LogP contribution in [-0.2, 0) is 5.41 Å². The third kappa shape index (κ3) is 4.66. The molecule has 1 fully saturated rings. The molecule has 1 aliphatic rings. The number of carbonyl (C=O) groups is 1. The zero-order valence-corrected chi connectivity index (χ0v) is 18.6. The Kier molecular flexibility index (Phi) is 7.25. The van der Waals surface area contributed by atoms with Gasteiger partial charge in [0, 0.05) is 12.0 Å². The van der Waals surface area contributed by atoms with Gasteiger partial charge in [-0.2, -0.15) is 0 Å². The molecule has 7 heteroatoms. The van der Waals surface area contributed by atoms with Gasteiger partial charge in [0.15, 0.2) is 5.79 Å². The van der Waals surface area contributed by atoms with E-state index in [4.69, 9.17) is 4.74 Å². The average molecular weight is 444 g/mol. The minimum Gasteiger partial charge on any atom is -0.496 e. The molecule has 0 spiro atoms. The summed E-state index contributed by atoms with van der Waals surface area (Å²) in [6.45, 7) is 0.730. The Bertz CT molecular complexity index is 902. The summed E-state index contributed by atoms with van der Waals surface area (Å²) < 4.78 is 5.30.